The van der Waals surface area contributed by atoms with Gasteiger partial charge in [0.1, 0.15) is 29.7 Å². The van der Waals surface area contributed by atoms with Crippen molar-refractivity contribution in [2.45, 2.75) is 55.1 Å². The van der Waals surface area contributed by atoms with Crippen molar-refractivity contribution in [1.82, 2.24) is 29.0 Å². The molecule has 1 spiro atoms. The fourth-order valence-electron chi connectivity index (χ4n) is 5.10. The molecule has 2 fully saturated rings. The normalized spacial score (nSPS) is 31.4. The highest BCUT2D eigenvalue weighted by Gasteiger charge is 2.70. The molecule has 7 N–H and O–H groups in total. The molecule has 6 rings (SSSR count). The van der Waals surface area contributed by atoms with Gasteiger partial charge in [0.2, 0.25) is 11.7 Å². The molecule has 17 heteroatoms. The van der Waals surface area contributed by atoms with Crippen molar-refractivity contribution >= 4 is 39.1 Å². The number of aliphatic hydroxyl groups is 3. The number of nitrogens with one attached hydrogen (secondary N) is 2. The van der Waals surface area contributed by atoms with Gasteiger partial charge in [-0.15, -0.1) is 0 Å². The molecule has 206 valence electrons. The largest absolute Gasteiger partial charge is 0.425 e. The van der Waals surface area contributed by atoms with Crippen molar-refractivity contribution < 1.29 is 42.8 Å². The van der Waals surface area contributed by atoms with Gasteiger partial charge in [0.05, 0.1) is 17.9 Å². The molecule has 1 saturated heterocycles. The summed E-state index contributed by atoms with van der Waals surface area (Å²) < 4.78 is 41.6. The number of hydrogen-bond acceptors (Lipinski definition) is 13. The lowest BCUT2D eigenvalue weighted by atomic mass is 9.98. The van der Waals surface area contributed by atoms with E-state index >= 15 is 0 Å². The molecule has 0 bridgehead atoms. The van der Waals surface area contributed by atoms with Gasteiger partial charge >= 0.3 is 16.2 Å². The second-order valence-corrected chi connectivity index (χ2v) is 11.1. The Hall–Kier alpha value is -3.74. The van der Waals surface area contributed by atoms with Crippen molar-refractivity contribution in [2.75, 3.05) is 5.73 Å². The molecular weight excluding hydrogens is 538 g/mol. The van der Waals surface area contributed by atoms with E-state index in [0.29, 0.717) is 0 Å². The zero-order chi connectivity index (χ0) is 27.7. The molecule has 3 aromatic rings. The van der Waals surface area contributed by atoms with Crippen LogP contribution in [0.1, 0.15) is 41.4 Å². The van der Waals surface area contributed by atoms with E-state index in [2.05, 4.69) is 19.7 Å². The van der Waals surface area contributed by atoms with Crippen LogP contribution >= 0.6 is 0 Å². The van der Waals surface area contributed by atoms with Crippen LogP contribution in [0.15, 0.2) is 36.9 Å². The van der Waals surface area contributed by atoms with E-state index in [1.807, 2.05) is 4.72 Å². The molecule has 3 aliphatic rings. The Labute approximate surface area is 220 Å². The number of anilines is 1. The number of nitrogens with two attached hydrogens (primary N) is 1. The number of ether oxygens (including phenoxy) is 2. The Morgan fingerprint density at radius 3 is 2.79 bits per heavy atom. The molecule has 2 unspecified atom stereocenters. The molecule has 4 heterocycles. The number of cyclic esters (lactones) is 1. The quantitative estimate of drug-likeness (QED) is 0.170. The molecule has 6 atom stereocenters. The lowest BCUT2D eigenvalue weighted by Gasteiger charge is -2.22. The number of rotatable bonds is 7. The minimum Gasteiger partial charge on any atom is -0.425 e. The number of nitrogen functional groups attached to an aromatic ring is 1. The predicted octanol–water partition coefficient (Wildman–Crippen LogP) is -2.08. The van der Waals surface area contributed by atoms with E-state index in [9.17, 15) is 33.3 Å². The van der Waals surface area contributed by atoms with Crippen molar-refractivity contribution in [2.24, 2.45) is 0 Å². The van der Waals surface area contributed by atoms with E-state index in [-0.39, 0.29) is 41.0 Å². The van der Waals surface area contributed by atoms with E-state index in [4.69, 9.17) is 15.2 Å². The number of amides is 1. The zero-order valence-electron chi connectivity index (χ0n) is 20.0. The highest BCUT2D eigenvalue weighted by Crippen LogP contribution is 2.53. The molecule has 39 heavy (non-hydrogen) atoms. The van der Waals surface area contributed by atoms with Gasteiger partial charge in [0, 0.05) is 24.8 Å². The van der Waals surface area contributed by atoms with Crippen LogP contribution in [-0.4, -0.2) is 79.0 Å². The van der Waals surface area contributed by atoms with E-state index < -0.39 is 64.4 Å². The number of hydrogen-bond donors (Lipinski definition) is 6. The first-order valence-corrected chi connectivity index (χ1v) is 13.3. The smallest absolute Gasteiger partial charge is 0.341 e. The number of imidazole rings is 1. The summed E-state index contributed by atoms with van der Waals surface area (Å²) in [5.41, 5.74) is 5.18. The number of nitrogens with zero attached hydrogens (tertiary/aromatic N) is 4. The van der Waals surface area contributed by atoms with Gasteiger partial charge in [0.25, 0.3) is 0 Å². The average molecular weight is 562 g/mol. The van der Waals surface area contributed by atoms with Crippen LogP contribution in [-0.2, 0) is 30.3 Å². The standard InChI is InChI=1S/C22H23N7O9S/c23-17-14-18(25-8-24-17)29(9-26-14)19-15(31)16(32)21(37-19)7-12(21)27-39(35,36)28-13(30)5-6-22(34)11-4-2-1-3-10(11)20(33)38-22/h1-4,8-9,12,15-16,19,27,31-32,34H,5-7H2,(H,28,30)(H2,23,24,25)/t12-,15+,16-,19+,21?,22?/m0/s1. The molecule has 0 radical (unpaired) electrons. The van der Waals surface area contributed by atoms with Crippen molar-refractivity contribution in [1.29, 1.82) is 0 Å². The summed E-state index contributed by atoms with van der Waals surface area (Å²) in [4.78, 5) is 36.4. The second-order valence-electron chi connectivity index (χ2n) is 9.60. The van der Waals surface area contributed by atoms with Crippen LogP contribution in [0.5, 0.6) is 0 Å². The molecule has 1 aliphatic carbocycles. The molecule has 1 aromatic carbocycles. The predicted molar refractivity (Wildman–Crippen MR) is 128 cm³/mol. The highest BCUT2D eigenvalue weighted by molar-refractivity contribution is 7.88. The monoisotopic (exact) mass is 561 g/mol. The number of aromatic nitrogens is 4. The molecule has 2 aromatic heterocycles. The fourth-order valence-corrected chi connectivity index (χ4v) is 6.21. The van der Waals surface area contributed by atoms with Crippen LogP contribution < -0.4 is 15.2 Å². The van der Waals surface area contributed by atoms with Crippen molar-refractivity contribution in [3.05, 3.63) is 48.0 Å². The molecule has 1 amide bonds. The second kappa shape index (κ2) is 8.63. The van der Waals surface area contributed by atoms with Crippen LogP contribution in [0.25, 0.3) is 11.2 Å². The summed E-state index contributed by atoms with van der Waals surface area (Å²) >= 11 is 0. The molecular formula is C22H23N7O9S. The first-order chi connectivity index (χ1) is 18.4. The van der Waals surface area contributed by atoms with E-state index in [1.165, 1.54) is 29.4 Å². The maximum absolute atomic E-state index is 12.6. The third-order valence-electron chi connectivity index (χ3n) is 7.14. The average Bonchev–Trinajstić information content (AvgIpc) is 3.14. The van der Waals surface area contributed by atoms with Crippen LogP contribution in [0, 0.1) is 0 Å². The number of fused-ring (bicyclic) bond motifs is 2. The van der Waals surface area contributed by atoms with Gasteiger partial charge in [-0.2, -0.15) is 13.1 Å². The van der Waals surface area contributed by atoms with Gasteiger partial charge in [-0.3, -0.25) is 9.36 Å². The van der Waals surface area contributed by atoms with Crippen LogP contribution in [0.2, 0.25) is 0 Å². The topological polar surface area (TPSA) is 241 Å². The Bertz CT molecular complexity index is 1610. The summed E-state index contributed by atoms with van der Waals surface area (Å²) in [5.74, 6) is -3.68. The number of carbonyl (C=O) groups excluding carboxylic acids is 2. The third-order valence-corrected chi connectivity index (χ3v) is 8.23. The maximum Gasteiger partial charge on any atom is 0.341 e. The minimum atomic E-state index is -4.44. The van der Waals surface area contributed by atoms with Gasteiger partial charge in [0.15, 0.2) is 17.7 Å². The summed E-state index contributed by atoms with van der Waals surface area (Å²) in [6.07, 6.45) is -2.44. The van der Waals surface area contributed by atoms with Crippen molar-refractivity contribution in [3.8, 4) is 0 Å². The minimum absolute atomic E-state index is 0.00701. The maximum atomic E-state index is 12.6. The van der Waals surface area contributed by atoms with Crippen LogP contribution in [0.3, 0.4) is 0 Å². The molecule has 16 nitrogen and oxygen atoms in total. The Kier molecular flexibility index (Phi) is 5.65. The highest BCUT2D eigenvalue weighted by atomic mass is 32.2. The SMILES string of the molecule is Nc1ncnc2c1ncn2[C@@H]1OC2(C[C@@H]2NS(=O)(=O)NC(=O)CCC2(O)OC(=O)c3ccccc32)[C@@H](O)[C@H]1O. The Morgan fingerprint density at radius 1 is 1.23 bits per heavy atom. The Morgan fingerprint density at radius 2 is 2.00 bits per heavy atom. The third kappa shape index (κ3) is 4.10. The number of esters is 1. The zero-order valence-corrected chi connectivity index (χ0v) is 20.8. The fraction of sp³-hybridized carbons (Fsp3) is 0.409. The molecule has 1 saturated carbocycles. The first-order valence-electron chi connectivity index (χ1n) is 11.8. The first kappa shape index (κ1) is 25.5. The van der Waals surface area contributed by atoms with Crippen molar-refractivity contribution in [3.63, 3.8) is 0 Å². The van der Waals surface area contributed by atoms with Gasteiger partial charge in [-0.05, 0) is 6.07 Å². The number of carbonyl (C=O) groups is 2. The van der Waals surface area contributed by atoms with Crippen LogP contribution in [0.4, 0.5) is 5.82 Å². The van der Waals surface area contributed by atoms with E-state index in [0.717, 1.165) is 0 Å². The van der Waals surface area contributed by atoms with Gasteiger partial charge < -0.3 is 30.5 Å². The summed E-state index contributed by atoms with van der Waals surface area (Å²) in [7, 11) is -4.44. The number of benzene rings is 1. The van der Waals surface area contributed by atoms with Gasteiger partial charge in [-0.25, -0.2) is 24.5 Å². The number of aliphatic hydroxyl groups excluding tert-OH is 2. The van der Waals surface area contributed by atoms with Gasteiger partial charge in [-0.1, -0.05) is 18.2 Å². The summed E-state index contributed by atoms with van der Waals surface area (Å²) in [6, 6.07) is 5.15. The Balaban J connectivity index is 1.09. The molecule has 2 aliphatic heterocycles. The lowest BCUT2D eigenvalue weighted by molar-refractivity contribution is -0.170. The summed E-state index contributed by atoms with van der Waals surface area (Å²) in [5, 5.41) is 32.1. The summed E-state index contributed by atoms with van der Waals surface area (Å²) in [6.45, 7) is 0. The van der Waals surface area contributed by atoms with E-state index in [1.54, 1.807) is 12.1 Å². The lowest BCUT2D eigenvalue weighted by Crippen LogP contribution is -2.46.